The second kappa shape index (κ2) is 6.58. The fourth-order valence-electron chi connectivity index (χ4n) is 2.42. The molecule has 0 aromatic heterocycles. The van der Waals surface area contributed by atoms with E-state index < -0.39 is 5.60 Å². The van der Waals surface area contributed by atoms with Crippen LogP contribution in [0.15, 0.2) is 0 Å². The quantitative estimate of drug-likeness (QED) is 0.733. The maximum absolute atomic E-state index is 9.83. The highest BCUT2D eigenvalue weighted by atomic mass is 16.5. The van der Waals surface area contributed by atoms with Crippen LogP contribution in [0.5, 0.6) is 0 Å². The fourth-order valence-corrected chi connectivity index (χ4v) is 2.42. The third kappa shape index (κ3) is 5.28. The van der Waals surface area contributed by atoms with Crippen LogP contribution in [0.3, 0.4) is 0 Å². The molecule has 1 aliphatic rings. The van der Waals surface area contributed by atoms with Gasteiger partial charge in [-0.15, -0.1) is 0 Å². The van der Waals surface area contributed by atoms with Crippen LogP contribution in [-0.2, 0) is 4.74 Å². The Bertz CT molecular complexity index is 188. The molecule has 2 atom stereocenters. The Hall–Kier alpha value is -0.120. The summed E-state index contributed by atoms with van der Waals surface area (Å²) in [6, 6.07) is 0. The highest BCUT2D eigenvalue weighted by Gasteiger charge is 2.23. The van der Waals surface area contributed by atoms with Crippen LogP contribution in [0.4, 0.5) is 0 Å². The first kappa shape index (κ1) is 13.9. The number of hydrogen-bond acceptors (Lipinski definition) is 3. The van der Waals surface area contributed by atoms with Gasteiger partial charge >= 0.3 is 0 Å². The van der Waals surface area contributed by atoms with Crippen LogP contribution in [0.25, 0.3) is 0 Å². The molecule has 1 saturated carbocycles. The van der Waals surface area contributed by atoms with Gasteiger partial charge in [-0.05, 0) is 32.6 Å². The van der Waals surface area contributed by atoms with Gasteiger partial charge in [-0.1, -0.05) is 19.3 Å². The molecule has 0 radical (unpaired) electrons. The molecule has 0 aromatic carbocycles. The Kier molecular flexibility index (Phi) is 5.73. The van der Waals surface area contributed by atoms with E-state index in [2.05, 4.69) is 0 Å². The lowest BCUT2D eigenvalue weighted by Crippen LogP contribution is -2.38. The van der Waals surface area contributed by atoms with Gasteiger partial charge in [0.25, 0.3) is 0 Å². The molecular formula is C13H27NO2. The first-order valence-electron chi connectivity index (χ1n) is 6.57. The third-order valence-electron chi connectivity index (χ3n) is 3.51. The summed E-state index contributed by atoms with van der Waals surface area (Å²) in [6.07, 6.45) is 7.41. The molecule has 0 saturated heterocycles. The highest BCUT2D eigenvalue weighted by Crippen LogP contribution is 2.24. The largest absolute Gasteiger partial charge is 0.389 e. The Morgan fingerprint density at radius 1 is 1.38 bits per heavy atom. The average molecular weight is 229 g/mol. The van der Waals surface area contributed by atoms with E-state index in [4.69, 9.17) is 10.5 Å². The maximum atomic E-state index is 9.83. The van der Waals surface area contributed by atoms with Crippen LogP contribution in [-0.4, -0.2) is 30.0 Å². The van der Waals surface area contributed by atoms with Gasteiger partial charge in [0.05, 0.1) is 11.7 Å². The van der Waals surface area contributed by atoms with Crippen LogP contribution in [0.2, 0.25) is 0 Å². The lowest BCUT2D eigenvalue weighted by molar-refractivity contribution is -0.0306. The van der Waals surface area contributed by atoms with Gasteiger partial charge < -0.3 is 15.6 Å². The zero-order chi connectivity index (χ0) is 12.0. The smallest absolute Gasteiger partial charge is 0.0765 e. The number of rotatable bonds is 6. The van der Waals surface area contributed by atoms with Gasteiger partial charge in [0, 0.05) is 19.6 Å². The lowest BCUT2D eigenvalue weighted by atomic mass is 9.90. The van der Waals surface area contributed by atoms with Crippen LogP contribution in [0.1, 0.15) is 52.4 Å². The molecule has 0 heterocycles. The first-order chi connectivity index (χ1) is 7.53. The zero-order valence-electron chi connectivity index (χ0n) is 10.7. The average Bonchev–Trinajstić information content (AvgIpc) is 2.27. The van der Waals surface area contributed by atoms with Gasteiger partial charge in [-0.25, -0.2) is 0 Å². The topological polar surface area (TPSA) is 55.5 Å². The molecule has 0 aliphatic heterocycles. The van der Waals surface area contributed by atoms with Crippen molar-refractivity contribution in [3.63, 3.8) is 0 Å². The summed E-state index contributed by atoms with van der Waals surface area (Å²) < 4.78 is 5.80. The van der Waals surface area contributed by atoms with Crippen molar-refractivity contribution >= 4 is 0 Å². The number of ether oxygens (including phenoxy) is 1. The van der Waals surface area contributed by atoms with Crippen molar-refractivity contribution in [3.05, 3.63) is 0 Å². The molecule has 3 heteroatoms. The molecule has 0 amide bonds. The molecule has 2 unspecified atom stereocenters. The second-order valence-electron chi connectivity index (χ2n) is 5.55. The SMILES string of the molecule is CC(CC(C)(O)CN)OCC1CCCCC1. The molecule has 1 rings (SSSR count). The van der Waals surface area contributed by atoms with E-state index in [1.165, 1.54) is 32.1 Å². The minimum absolute atomic E-state index is 0.0977. The minimum atomic E-state index is -0.786. The summed E-state index contributed by atoms with van der Waals surface area (Å²) in [5, 5.41) is 9.83. The Balaban J connectivity index is 2.16. The Labute approximate surface area is 99.4 Å². The number of hydrogen-bond donors (Lipinski definition) is 2. The molecule has 0 bridgehead atoms. The van der Waals surface area contributed by atoms with E-state index in [0.29, 0.717) is 13.0 Å². The summed E-state index contributed by atoms with van der Waals surface area (Å²) in [4.78, 5) is 0. The summed E-state index contributed by atoms with van der Waals surface area (Å²) in [6.45, 7) is 4.94. The molecule has 1 aliphatic carbocycles. The number of aliphatic hydroxyl groups is 1. The summed E-state index contributed by atoms with van der Waals surface area (Å²) in [7, 11) is 0. The maximum Gasteiger partial charge on any atom is 0.0765 e. The van der Waals surface area contributed by atoms with Crippen molar-refractivity contribution in [2.24, 2.45) is 11.7 Å². The molecule has 3 nitrogen and oxygen atoms in total. The van der Waals surface area contributed by atoms with E-state index in [1.54, 1.807) is 6.92 Å². The summed E-state index contributed by atoms with van der Waals surface area (Å²) in [5.41, 5.74) is 4.70. The standard InChI is InChI=1S/C13H27NO2/c1-11(8-13(2,15)10-14)16-9-12-6-4-3-5-7-12/h11-12,15H,3-10,14H2,1-2H3. The molecule has 16 heavy (non-hydrogen) atoms. The Morgan fingerprint density at radius 3 is 2.56 bits per heavy atom. The van der Waals surface area contributed by atoms with E-state index >= 15 is 0 Å². The molecule has 0 aromatic rings. The van der Waals surface area contributed by atoms with E-state index in [-0.39, 0.29) is 6.10 Å². The highest BCUT2D eigenvalue weighted by molar-refractivity contribution is 4.76. The predicted molar refractivity (Wildman–Crippen MR) is 66.3 cm³/mol. The van der Waals surface area contributed by atoms with Gasteiger partial charge in [0.15, 0.2) is 0 Å². The van der Waals surface area contributed by atoms with E-state index in [0.717, 1.165) is 12.5 Å². The second-order valence-corrected chi connectivity index (χ2v) is 5.55. The predicted octanol–water partition coefficient (Wildman–Crippen LogP) is 2.07. The van der Waals surface area contributed by atoms with Gasteiger partial charge in [-0.3, -0.25) is 0 Å². The Morgan fingerprint density at radius 2 is 2.00 bits per heavy atom. The zero-order valence-corrected chi connectivity index (χ0v) is 10.7. The first-order valence-corrected chi connectivity index (χ1v) is 6.57. The van der Waals surface area contributed by atoms with Gasteiger partial charge in [-0.2, -0.15) is 0 Å². The molecule has 3 N–H and O–H groups in total. The van der Waals surface area contributed by atoms with Crippen LogP contribution < -0.4 is 5.73 Å². The molecule has 1 fully saturated rings. The van der Waals surface area contributed by atoms with E-state index in [9.17, 15) is 5.11 Å². The normalized spacial score (nSPS) is 24.0. The van der Waals surface area contributed by atoms with Gasteiger partial charge in [0.2, 0.25) is 0 Å². The lowest BCUT2D eigenvalue weighted by Gasteiger charge is -2.27. The van der Waals surface area contributed by atoms with E-state index in [1.807, 2.05) is 6.92 Å². The van der Waals surface area contributed by atoms with Crippen LogP contribution >= 0.6 is 0 Å². The monoisotopic (exact) mass is 229 g/mol. The fraction of sp³-hybridized carbons (Fsp3) is 1.00. The molecule has 0 spiro atoms. The third-order valence-corrected chi connectivity index (χ3v) is 3.51. The summed E-state index contributed by atoms with van der Waals surface area (Å²) >= 11 is 0. The van der Waals surface area contributed by atoms with Crippen molar-refractivity contribution in [2.45, 2.75) is 64.1 Å². The van der Waals surface area contributed by atoms with Crippen molar-refractivity contribution in [1.82, 2.24) is 0 Å². The van der Waals surface area contributed by atoms with Crippen molar-refractivity contribution in [1.29, 1.82) is 0 Å². The molecule has 96 valence electrons. The minimum Gasteiger partial charge on any atom is -0.389 e. The molecular weight excluding hydrogens is 202 g/mol. The van der Waals surface area contributed by atoms with Crippen LogP contribution in [0, 0.1) is 5.92 Å². The van der Waals surface area contributed by atoms with Gasteiger partial charge in [0.1, 0.15) is 0 Å². The van der Waals surface area contributed by atoms with Crippen molar-refractivity contribution in [2.75, 3.05) is 13.2 Å². The number of nitrogens with two attached hydrogens (primary N) is 1. The van der Waals surface area contributed by atoms with Crippen molar-refractivity contribution in [3.8, 4) is 0 Å². The summed E-state index contributed by atoms with van der Waals surface area (Å²) in [5.74, 6) is 0.735. The van der Waals surface area contributed by atoms with Crippen molar-refractivity contribution < 1.29 is 9.84 Å².